The molecule has 1 atom stereocenters. The average molecular weight is 390 g/mol. The predicted molar refractivity (Wildman–Crippen MR) is 104 cm³/mol. The van der Waals surface area contributed by atoms with Gasteiger partial charge in [-0.2, -0.15) is 0 Å². The molecular formula is C18H29Cl2N3O2. The minimum atomic E-state index is -0.773. The first-order valence-electron chi connectivity index (χ1n) is 8.63. The lowest BCUT2D eigenvalue weighted by Crippen LogP contribution is -2.57. The normalized spacial score (nSPS) is 20.8. The van der Waals surface area contributed by atoms with Crippen LogP contribution in [0.1, 0.15) is 37.3 Å². The lowest BCUT2D eigenvalue weighted by atomic mass is 9.90. The fourth-order valence-electron chi connectivity index (χ4n) is 3.51. The van der Waals surface area contributed by atoms with Gasteiger partial charge in [0.25, 0.3) is 0 Å². The maximum atomic E-state index is 12.6. The van der Waals surface area contributed by atoms with Gasteiger partial charge in [0.1, 0.15) is 0 Å². The Bertz CT molecular complexity index is 518. The van der Waals surface area contributed by atoms with Crippen molar-refractivity contribution in [2.45, 2.75) is 37.3 Å². The van der Waals surface area contributed by atoms with Gasteiger partial charge in [-0.15, -0.1) is 24.8 Å². The standard InChI is InChI=1S/C18H27N3O2.2ClH/c19-18(8-12-23-13-9-18)17(22)20-14-16(21-10-4-5-11-21)15-6-2-1-3-7-15;;/h1-3,6-7,16H,4-5,8-14,19H2,(H,20,22);2*1H. The number of benzene rings is 1. The summed E-state index contributed by atoms with van der Waals surface area (Å²) in [6, 6.07) is 10.7. The summed E-state index contributed by atoms with van der Waals surface area (Å²) in [4.78, 5) is 15.0. The van der Waals surface area contributed by atoms with Gasteiger partial charge in [-0.25, -0.2) is 0 Å². The second-order valence-corrected chi connectivity index (χ2v) is 6.65. The third-order valence-electron chi connectivity index (χ3n) is 5.06. The zero-order valence-electron chi connectivity index (χ0n) is 14.5. The average Bonchev–Trinajstić information content (AvgIpc) is 3.11. The van der Waals surface area contributed by atoms with Gasteiger partial charge in [0, 0.05) is 19.8 Å². The van der Waals surface area contributed by atoms with Crippen molar-refractivity contribution in [3.05, 3.63) is 35.9 Å². The Balaban J connectivity index is 0.00000156. The lowest BCUT2D eigenvalue weighted by Gasteiger charge is -2.34. The summed E-state index contributed by atoms with van der Waals surface area (Å²) in [5.41, 5.74) is 6.76. The number of halogens is 2. The summed E-state index contributed by atoms with van der Waals surface area (Å²) in [7, 11) is 0. The molecule has 0 radical (unpaired) electrons. The van der Waals surface area contributed by atoms with Crippen molar-refractivity contribution in [3.8, 4) is 0 Å². The summed E-state index contributed by atoms with van der Waals surface area (Å²) >= 11 is 0. The summed E-state index contributed by atoms with van der Waals surface area (Å²) in [6.07, 6.45) is 3.65. The van der Waals surface area contributed by atoms with Crippen LogP contribution in [0.3, 0.4) is 0 Å². The number of nitrogens with zero attached hydrogens (tertiary/aromatic N) is 1. The molecular weight excluding hydrogens is 361 g/mol. The number of hydrogen-bond donors (Lipinski definition) is 2. The van der Waals surface area contributed by atoms with Gasteiger partial charge >= 0.3 is 0 Å². The molecule has 2 fully saturated rings. The SMILES string of the molecule is Cl.Cl.NC1(C(=O)NCC(c2ccccc2)N2CCCC2)CCOCC1. The van der Waals surface area contributed by atoms with Crippen LogP contribution in [0.4, 0.5) is 0 Å². The molecule has 142 valence electrons. The zero-order valence-corrected chi connectivity index (χ0v) is 16.1. The number of hydrogen-bond acceptors (Lipinski definition) is 4. The lowest BCUT2D eigenvalue weighted by molar-refractivity contribution is -0.130. The van der Waals surface area contributed by atoms with E-state index in [4.69, 9.17) is 10.5 Å². The molecule has 0 spiro atoms. The number of ether oxygens (including phenoxy) is 1. The van der Waals surface area contributed by atoms with E-state index < -0.39 is 5.54 Å². The Morgan fingerprint density at radius 2 is 1.76 bits per heavy atom. The smallest absolute Gasteiger partial charge is 0.240 e. The van der Waals surface area contributed by atoms with E-state index >= 15 is 0 Å². The van der Waals surface area contributed by atoms with E-state index in [1.54, 1.807) is 0 Å². The molecule has 1 amide bonds. The van der Waals surface area contributed by atoms with E-state index in [9.17, 15) is 4.79 Å². The van der Waals surface area contributed by atoms with Gasteiger partial charge in [0.15, 0.2) is 0 Å². The number of likely N-dealkylation sites (tertiary alicyclic amines) is 1. The summed E-state index contributed by atoms with van der Waals surface area (Å²) in [5.74, 6) is -0.0408. The Morgan fingerprint density at radius 3 is 2.36 bits per heavy atom. The molecule has 1 unspecified atom stereocenters. The Morgan fingerprint density at radius 1 is 1.16 bits per heavy atom. The molecule has 0 aliphatic carbocycles. The van der Waals surface area contributed by atoms with Crippen LogP contribution in [-0.4, -0.2) is 49.2 Å². The van der Waals surface area contributed by atoms with Crippen molar-refractivity contribution >= 4 is 30.7 Å². The van der Waals surface area contributed by atoms with Crippen molar-refractivity contribution in [1.29, 1.82) is 0 Å². The topological polar surface area (TPSA) is 67.6 Å². The van der Waals surface area contributed by atoms with E-state index in [0.717, 1.165) is 13.1 Å². The van der Waals surface area contributed by atoms with E-state index in [1.807, 2.05) is 6.07 Å². The van der Waals surface area contributed by atoms with Crippen molar-refractivity contribution in [2.24, 2.45) is 5.73 Å². The number of nitrogens with one attached hydrogen (secondary N) is 1. The molecule has 2 aliphatic rings. The van der Waals surface area contributed by atoms with Crippen molar-refractivity contribution in [1.82, 2.24) is 10.2 Å². The number of rotatable bonds is 5. The second-order valence-electron chi connectivity index (χ2n) is 6.65. The van der Waals surface area contributed by atoms with Gasteiger partial charge in [-0.05, 0) is 44.3 Å². The highest BCUT2D eigenvalue weighted by atomic mass is 35.5. The monoisotopic (exact) mass is 389 g/mol. The first-order valence-corrected chi connectivity index (χ1v) is 8.63. The number of nitrogens with two attached hydrogens (primary N) is 1. The number of amides is 1. The maximum Gasteiger partial charge on any atom is 0.240 e. The highest BCUT2D eigenvalue weighted by molar-refractivity contribution is 5.86. The molecule has 1 aromatic carbocycles. The third-order valence-corrected chi connectivity index (χ3v) is 5.06. The van der Waals surface area contributed by atoms with Crippen LogP contribution in [0.5, 0.6) is 0 Å². The fourth-order valence-corrected chi connectivity index (χ4v) is 3.51. The van der Waals surface area contributed by atoms with E-state index in [1.165, 1.54) is 18.4 Å². The molecule has 1 aromatic rings. The summed E-state index contributed by atoms with van der Waals surface area (Å²) in [6.45, 7) is 3.94. The van der Waals surface area contributed by atoms with Crippen LogP contribution in [0.25, 0.3) is 0 Å². The van der Waals surface area contributed by atoms with Crippen LogP contribution in [0.15, 0.2) is 30.3 Å². The highest BCUT2D eigenvalue weighted by Crippen LogP contribution is 2.25. The predicted octanol–water partition coefficient (Wildman–Crippen LogP) is 2.29. The first-order chi connectivity index (χ1) is 11.2. The van der Waals surface area contributed by atoms with Crippen LogP contribution in [-0.2, 0) is 9.53 Å². The minimum absolute atomic E-state index is 0. The van der Waals surface area contributed by atoms with Crippen LogP contribution < -0.4 is 11.1 Å². The second kappa shape index (κ2) is 10.3. The van der Waals surface area contributed by atoms with Gasteiger partial charge in [0.2, 0.25) is 5.91 Å². The Hall–Kier alpha value is -0.850. The Labute approximate surface area is 162 Å². The number of carbonyl (C=O) groups excluding carboxylic acids is 1. The molecule has 5 nitrogen and oxygen atoms in total. The summed E-state index contributed by atoms with van der Waals surface area (Å²) in [5, 5.41) is 3.11. The quantitative estimate of drug-likeness (QED) is 0.810. The maximum absolute atomic E-state index is 12.6. The fraction of sp³-hybridized carbons (Fsp3) is 0.611. The number of carbonyl (C=O) groups is 1. The van der Waals surface area contributed by atoms with Crippen molar-refractivity contribution in [3.63, 3.8) is 0 Å². The first kappa shape index (κ1) is 22.2. The molecule has 0 saturated carbocycles. The molecule has 2 heterocycles. The third kappa shape index (κ3) is 5.56. The van der Waals surface area contributed by atoms with Crippen molar-refractivity contribution in [2.75, 3.05) is 32.8 Å². The molecule has 2 saturated heterocycles. The minimum Gasteiger partial charge on any atom is -0.381 e. The molecule has 3 N–H and O–H groups in total. The van der Waals surface area contributed by atoms with Gasteiger partial charge < -0.3 is 15.8 Å². The molecule has 3 rings (SSSR count). The van der Waals surface area contributed by atoms with E-state index in [0.29, 0.717) is 32.6 Å². The zero-order chi connectivity index (χ0) is 16.1. The van der Waals surface area contributed by atoms with Gasteiger partial charge in [0.05, 0.1) is 11.6 Å². The van der Waals surface area contributed by atoms with Gasteiger partial charge in [-0.3, -0.25) is 9.69 Å². The summed E-state index contributed by atoms with van der Waals surface area (Å²) < 4.78 is 5.32. The molecule has 25 heavy (non-hydrogen) atoms. The highest BCUT2D eigenvalue weighted by Gasteiger charge is 2.36. The molecule has 7 heteroatoms. The van der Waals surface area contributed by atoms with E-state index in [-0.39, 0.29) is 36.8 Å². The molecule has 0 aromatic heterocycles. The van der Waals surface area contributed by atoms with Crippen LogP contribution >= 0.6 is 24.8 Å². The molecule has 2 aliphatic heterocycles. The van der Waals surface area contributed by atoms with Crippen molar-refractivity contribution < 1.29 is 9.53 Å². The molecule has 0 bridgehead atoms. The Kier molecular flexibility index (Phi) is 9.17. The van der Waals surface area contributed by atoms with Crippen LogP contribution in [0.2, 0.25) is 0 Å². The van der Waals surface area contributed by atoms with Crippen LogP contribution in [0, 0.1) is 0 Å². The van der Waals surface area contributed by atoms with Gasteiger partial charge in [-0.1, -0.05) is 30.3 Å². The largest absolute Gasteiger partial charge is 0.381 e. The van der Waals surface area contributed by atoms with E-state index in [2.05, 4.69) is 34.5 Å².